The second kappa shape index (κ2) is 10.7. The third-order valence-electron chi connectivity index (χ3n) is 8.06. The number of fused-ring (bicyclic) bond motifs is 2. The van der Waals surface area contributed by atoms with E-state index in [9.17, 15) is 14.7 Å². The Morgan fingerprint density at radius 2 is 1.43 bits per heavy atom. The molecule has 3 heterocycles. The van der Waals surface area contributed by atoms with Gasteiger partial charge < -0.3 is 29.4 Å². The average molecular weight is 545 g/mol. The molecule has 40 heavy (non-hydrogen) atoms. The van der Waals surface area contributed by atoms with Crippen LogP contribution in [0.5, 0.6) is 23.0 Å². The normalized spacial score (nSPS) is 21.0. The fourth-order valence-electron chi connectivity index (χ4n) is 6.14. The van der Waals surface area contributed by atoms with Gasteiger partial charge in [0.2, 0.25) is 19.5 Å². The van der Waals surface area contributed by atoms with Gasteiger partial charge in [-0.2, -0.15) is 0 Å². The first-order chi connectivity index (χ1) is 19.5. The number of nitrogens with zero attached hydrogens (tertiary/aromatic N) is 1. The number of para-hydroxylation sites is 1. The number of hydrogen-bond donors (Lipinski definition) is 2. The molecule has 0 saturated carbocycles. The number of carboxylic acids is 1. The van der Waals surface area contributed by atoms with Crippen molar-refractivity contribution in [2.75, 3.05) is 32.0 Å². The number of benzene rings is 3. The summed E-state index contributed by atoms with van der Waals surface area (Å²) in [7, 11) is 0. The molecule has 0 aliphatic carbocycles. The summed E-state index contributed by atoms with van der Waals surface area (Å²) < 4.78 is 22.1. The fourth-order valence-corrected chi connectivity index (χ4v) is 6.14. The predicted octanol–water partition coefficient (Wildman–Crippen LogP) is 4.75. The van der Waals surface area contributed by atoms with E-state index in [0.29, 0.717) is 29.5 Å². The molecule has 0 spiro atoms. The van der Waals surface area contributed by atoms with E-state index in [-0.39, 0.29) is 32.0 Å². The van der Waals surface area contributed by atoms with E-state index in [0.717, 1.165) is 40.8 Å². The lowest BCUT2D eigenvalue weighted by Gasteiger charge is -2.27. The summed E-state index contributed by atoms with van der Waals surface area (Å²) in [6, 6.07) is 16.5. The van der Waals surface area contributed by atoms with E-state index in [1.165, 1.54) is 0 Å². The molecular formula is C31H32N2O7. The third-order valence-corrected chi connectivity index (χ3v) is 8.06. The summed E-state index contributed by atoms with van der Waals surface area (Å²) in [5.74, 6) is 0.108. The number of likely N-dealkylation sites (tertiary alicyclic amines) is 1. The summed E-state index contributed by atoms with van der Waals surface area (Å²) in [5.41, 5.74) is 4.58. The van der Waals surface area contributed by atoms with Crippen molar-refractivity contribution in [3.63, 3.8) is 0 Å². The number of aliphatic carboxylic acids is 1. The van der Waals surface area contributed by atoms with Crippen LogP contribution in [-0.2, 0) is 22.4 Å². The molecule has 1 fully saturated rings. The molecule has 1 saturated heterocycles. The van der Waals surface area contributed by atoms with E-state index in [1.54, 1.807) is 6.07 Å². The monoisotopic (exact) mass is 544 g/mol. The number of carbonyl (C=O) groups excluding carboxylic acids is 1. The highest BCUT2D eigenvalue weighted by Gasteiger charge is 2.48. The Hall–Kier alpha value is -4.24. The number of nitrogens with one attached hydrogen (secondary N) is 1. The van der Waals surface area contributed by atoms with Crippen molar-refractivity contribution in [3.05, 3.63) is 76.9 Å². The maximum atomic E-state index is 13.6. The molecule has 3 atom stereocenters. The lowest BCUT2D eigenvalue weighted by molar-refractivity contribution is -0.143. The summed E-state index contributed by atoms with van der Waals surface area (Å²) >= 11 is 0. The van der Waals surface area contributed by atoms with Crippen LogP contribution in [-0.4, -0.2) is 48.6 Å². The molecular weight excluding hydrogens is 512 g/mol. The highest BCUT2D eigenvalue weighted by molar-refractivity contribution is 5.94. The molecule has 9 nitrogen and oxygen atoms in total. The first-order valence-electron chi connectivity index (χ1n) is 13.6. The molecule has 208 valence electrons. The summed E-state index contributed by atoms with van der Waals surface area (Å²) in [6.45, 7) is 4.79. The van der Waals surface area contributed by atoms with Crippen LogP contribution >= 0.6 is 0 Å². The van der Waals surface area contributed by atoms with Crippen molar-refractivity contribution in [3.8, 4) is 23.0 Å². The maximum absolute atomic E-state index is 13.6. The van der Waals surface area contributed by atoms with Gasteiger partial charge in [0.15, 0.2) is 23.0 Å². The highest BCUT2D eigenvalue weighted by atomic mass is 16.7. The van der Waals surface area contributed by atoms with Crippen molar-refractivity contribution in [1.82, 2.24) is 4.90 Å². The quantitative estimate of drug-likeness (QED) is 0.419. The summed E-state index contributed by atoms with van der Waals surface area (Å²) in [5, 5.41) is 13.7. The molecule has 2 N–H and O–H groups in total. The van der Waals surface area contributed by atoms with E-state index in [4.69, 9.17) is 18.9 Å². The fraction of sp³-hybridized carbons (Fsp3) is 0.355. The minimum atomic E-state index is -0.933. The van der Waals surface area contributed by atoms with Crippen LogP contribution in [0.3, 0.4) is 0 Å². The molecule has 0 radical (unpaired) electrons. The topological polar surface area (TPSA) is 107 Å². The Balaban J connectivity index is 1.35. The van der Waals surface area contributed by atoms with Crippen LogP contribution in [0.2, 0.25) is 0 Å². The van der Waals surface area contributed by atoms with Crippen LogP contribution in [0.4, 0.5) is 5.69 Å². The smallest absolute Gasteiger partial charge is 0.309 e. The number of carboxylic acid groups (broad SMARTS) is 1. The van der Waals surface area contributed by atoms with Crippen LogP contribution in [0.1, 0.15) is 48.1 Å². The molecule has 3 aromatic carbocycles. The van der Waals surface area contributed by atoms with Crippen molar-refractivity contribution in [2.24, 2.45) is 5.92 Å². The van der Waals surface area contributed by atoms with Crippen LogP contribution in [0, 0.1) is 5.92 Å². The minimum absolute atomic E-state index is 0.0329. The average Bonchev–Trinajstić information content (AvgIpc) is 3.70. The van der Waals surface area contributed by atoms with Crippen molar-refractivity contribution >= 4 is 17.6 Å². The lowest BCUT2D eigenvalue weighted by atomic mass is 9.82. The molecule has 0 aromatic heterocycles. The van der Waals surface area contributed by atoms with Crippen molar-refractivity contribution in [1.29, 1.82) is 0 Å². The zero-order chi connectivity index (χ0) is 27.8. The van der Waals surface area contributed by atoms with Gasteiger partial charge in [-0.05, 0) is 59.4 Å². The zero-order valence-corrected chi connectivity index (χ0v) is 22.5. The molecule has 9 heteroatoms. The largest absolute Gasteiger partial charge is 0.481 e. The van der Waals surface area contributed by atoms with Crippen molar-refractivity contribution < 1.29 is 33.6 Å². The number of amides is 1. The molecule has 3 aliphatic rings. The van der Waals surface area contributed by atoms with Crippen LogP contribution < -0.4 is 24.3 Å². The second-order valence-corrected chi connectivity index (χ2v) is 10.3. The van der Waals surface area contributed by atoms with Crippen LogP contribution in [0.25, 0.3) is 0 Å². The van der Waals surface area contributed by atoms with E-state index >= 15 is 0 Å². The molecule has 3 aliphatic heterocycles. The Morgan fingerprint density at radius 3 is 2.02 bits per heavy atom. The number of ether oxygens (including phenoxy) is 4. The van der Waals surface area contributed by atoms with E-state index in [1.807, 2.05) is 53.4 Å². The minimum Gasteiger partial charge on any atom is -0.481 e. The first-order valence-corrected chi connectivity index (χ1v) is 13.6. The Kier molecular flexibility index (Phi) is 6.98. The third kappa shape index (κ3) is 4.70. The van der Waals surface area contributed by atoms with E-state index < -0.39 is 17.9 Å². The number of rotatable bonds is 8. The summed E-state index contributed by atoms with van der Waals surface area (Å²) in [4.78, 5) is 28.4. The van der Waals surface area contributed by atoms with Crippen LogP contribution in [0.15, 0.2) is 54.6 Å². The van der Waals surface area contributed by atoms with Gasteiger partial charge in [0.25, 0.3) is 0 Å². The Labute approximate surface area is 232 Å². The molecule has 1 unspecified atom stereocenters. The number of aryl methyl sites for hydroxylation is 2. The highest BCUT2D eigenvalue weighted by Crippen LogP contribution is 2.49. The molecule has 3 aromatic rings. The lowest BCUT2D eigenvalue weighted by Crippen LogP contribution is -2.35. The van der Waals surface area contributed by atoms with Gasteiger partial charge in [0, 0.05) is 24.2 Å². The number of carbonyl (C=O) groups is 2. The van der Waals surface area contributed by atoms with Gasteiger partial charge in [0.05, 0.1) is 12.5 Å². The van der Waals surface area contributed by atoms with Gasteiger partial charge >= 0.3 is 5.97 Å². The molecule has 6 rings (SSSR count). The molecule has 1 amide bonds. The first kappa shape index (κ1) is 26.0. The number of hydrogen-bond acceptors (Lipinski definition) is 7. The maximum Gasteiger partial charge on any atom is 0.309 e. The standard InChI is InChI=1S/C31H32N2O7/c1-3-18-6-5-7-19(4-2)29(18)32-27(34)15-33-14-22(20-8-10-23-25(12-20)39-16-37-23)28(31(35)36)30(33)21-9-11-24-26(13-21)40-17-38-24/h5-13,22,28,30H,3-4,14-17H2,1-2H3,(H,32,34)(H,35,36)/t22-,28?,30+/m1/s1. The van der Waals surface area contributed by atoms with Crippen molar-refractivity contribution in [2.45, 2.75) is 38.6 Å². The Morgan fingerprint density at radius 1 is 0.850 bits per heavy atom. The Bertz CT molecular complexity index is 1430. The van der Waals surface area contributed by atoms with Gasteiger partial charge in [0.1, 0.15) is 0 Å². The van der Waals surface area contributed by atoms with Gasteiger partial charge in [-0.3, -0.25) is 14.5 Å². The zero-order valence-electron chi connectivity index (χ0n) is 22.5. The number of anilines is 1. The second-order valence-electron chi connectivity index (χ2n) is 10.3. The van der Waals surface area contributed by atoms with Gasteiger partial charge in [-0.1, -0.05) is 44.2 Å². The van der Waals surface area contributed by atoms with E-state index in [2.05, 4.69) is 19.2 Å². The van der Waals surface area contributed by atoms with Gasteiger partial charge in [-0.25, -0.2) is 0 Å². The SMILES string of the molecule is CCc1cccc(CC)c1NC(=O)CN1C[C@H](c2ccc3c(c2)OCO3)C(C(=O)O)[C@@H]1c1ccc2c(c1)OCO2. The summed E-state index contributed by atoms with van der Waals surface area (Å²) in [6.07, 6.45) is 1.58. The molecule has 0 bridgehead atoms. The van der Waals surface area contributed by atoms with Gasteiger partial charge in [-0.15, -0.1) is 0 Å². The predicted molar refractivity (Wildman–Crippen MR) is 147 cm³/mol.